The first-order chi connectivity index (χ1) is 9.19. The Kier molecular flexibility index (Phi) is 3.16. The topological polar surface area (TPSA) is 75.5 Å². The predicted molar refractivity (Wildman–Crippen MR) is 70.9 cm³/mol. The summed E-state index contributed by atoms with van der Waals surface area (Å²) in [5.41, 5.74) is 0.162. The fourth-order valence-corrected chi connectivity index (χ4v) is 2.36. The van der Waals surface area contributed by atoms with Crippen LogP contribution in [0.1, 0.15) is 6.92 Å². The van der Waals surface area contributed by atoms with E-state index >= 15 is 0 Å². The highest BCUT2D eigenvalue weighted by molar-refractivity contribution is 6.18. The Labute approximate surface area is 114 Å². The van der Waals surface area contributed by atoms with Crippen LogP contribution in [0.2, 0.25) is 0 Å². The number of nitrogens with zero attached hydrogens (tertiary/aromatic N) is 4. The minimum Gasteiger partial charge on any atom is -0.373 e. The molecule has 0 spiro atoms. The van der Waals surface area contributed by atoms with Gasteiger partial charge in [0.2, 0.25) is 0 Å². The lowest BCUT2D eigenvalue weighted by Crippen LogP contribution is -2.49. The first-order valence-corrected chi connectivity index (χ1v) is 6.61. The lowest BCUT2D eigenvalue weighted by atomic mass is 10.2. The van der Waals surface area contributed by atoms with Crippen molar-refractivity contribution in [2.75, 3.05) is 23.9 Å². The predicted octanol–water partition coefficient (Wildman–Crippen LogP) is 0.250. The van der Waals surface area contributed by atoms with Gasteiger partial charge in [-0.2, -0.15) is 9.61 Å². The van der Waals surface area contributed by atoms with Gasteiger partial charge in [-0.1, -0.05) is 0 Å². The third-order valence-electron chi connectivity index (χ3n) is 3.23. The summed E-state index contributed by atoms with van der Waals surface area (Å²) in [6.07, 6.45) is -0.0172. The second-order valence-electron chi connectivity index (χ2n) is 4.60. The van der Waals surface area contributed by atoms with Crippen molar-refractivity contribution in [2.45, 2.75) is 19.1 Å². The zero-order valence-corrected chi connectivity index (χ0v) is 11.2. The Hall–Kier alpha value is -1.60. The summed E-state index contributed by atoms with van der Waals surface area (Å²) in [4.78, 5) is 13.6. The molecule has 1 saturated heterocycles. The van der Waals surface area contributed by atoms with Crippen LogP contribution in [0.3, 0.4) is 0 Å². The Bertz CT molecular complexity index is 639. The van der Waals surface area contributed by atoms with Gasteiger partial charge in [-0.3, -0.25) is 0 Å². The molecule has 3 heterocycles. The van der Waals surface area contributed by atoms with Gasteiger partial charge in [0.1, 0.15) is 5.82 Å². The lowest BCUT2D eigenvalue weighted by molar-refractivity contribution is 0.0360. The van der Waals surface area contributed by atoms with Crippen LogP contribution in [-0.4, -0.2) is 51.0 Å². The van der Waals surface area contributed by atoms with Crippen LogP contribution in [0.15, 0.2) is 16.9 Å². The van der Waals surface area contributed by atoms with E-state index in [0.717, 1.165) is 5.82 Å². The highest BCUT2D eigenvalue weighted by Gasteiger charge is 2.26. The van der Waals surface area contributed by atoms with E-state index in [0.29, 0.717) is 24.7 Å². The molecule has 0 saturated carbocycles. The minimum atomic E-state index is -0.341. The van der Waals surface area contributed by atoms with Crippen LogP contribution in [0.5, 0.6) is 0 Å². The molecule has 2 aromatic heterocycles. The summed E-state index contributed by atoms with van der Waals surface area (Å²) in [5, 5.41) is 10.5. The van der Waals surface area contributed by atoms with E-state index in [1.54, 1.807) is 6.07 Å². The average Bonchev–Trinajstić information content (AvgIpc) is 2.81. The van der Waals surface area contributed by atoms with E-state index in [-0.39, 0.29) is 17.8 Å². The third kappa shape index (κ3) is 2.19. The molecule has 0 aliphatic carbocycles. The highest BCUT2D eigenvalue weighted by Crippen LogP contribution is 2.19. The van der Waals surface area contributed by atoms with E-state index < -0.39 is 0 Å². The van der Waals surface area contributed by atoms with Gasteiger partial charge in [0, 0.05) is 6.54 Å². The molecular formula is C11H14ClN5O2. The van der Waals surface area contributed by atoms with Crippen LogP contribution < -0.4 is 10.6 Å². The van der Waals surface area contributed by atoms with Crippen molar-refractivity contribution in [1.29, 1.82) is 0 Å². The fraction of sp³-hybridized carbons (Fsp3) is 0.545. The lowest BCUT2D eigenvalue weighted by Gasteiger charge is -2.38. The number of rotatable bonds is 2. The number of H-pyrrole nitrogens is 1. The van der Waals surface area contributed by atoms with E-state index in [1.807, 2.05) is 6.07 Å². The van der Waals surface area contributed by atoms with Crippen LogP contribution in [0, 0.1) is 0 Å². The maximum atomic E-state index is 11.5. The van der Waals surface area contributed by atoms with Crippen LogP contribution in [0.4, 0.5) is 5.82 Å². The highest BCUT2D eigenvalue weighted by atomic mass is 35.5. The quantitative estimate of drug-likeness (QED) is 0.800. The van der Waals surface area contributed by atoms with Crippen molar-refractivity contribution in [3.05, 3.63) is 22.6 Å². The monoisotopic (exact) mass is 283 g/mol. The van der Waals surface area contributed by atoms with E-state index in [1.165, 1.54) is 4.52 Å². The first kappa shape index (κ1) is 12.4. The van der Waals surface area contributed by atoms with Gasteiger partial charge < -0.3 is 9.64 Å². The van der Waals surface area contributed by atoms with Crippen molar-refractivity contribution < 1.29 is 4.74 Å². The number of hydrogen-bond acceptors (Lipinski definition) is 5. The van der Waals surface area contributed by atoms with Crippen molar-refractivity contribution >= 4 is 23.1 Å². The Morgan fingerprint density at radius 1 is 1.58 bits per heavy atom. The number of nitrogens with one attached hydrogen (secondary N) is 1. The Morgan fingerprint density at radius 3 is 3.21 bits per heavy atom. The van der Waals surface area contributed by atoms with Crippen molar-refractivity contribution in [1.82, 2.24) is 19.8 Å². The molecule has 1 N–H and O–H groups in total. The van der Waals surface area contributed by atoms with Gasteiger partial charge in [0.25, 0.3) is 0 Å². The number of anilines is 1. The molecule has 102 valence electrons. The summed E-state index contributed by atoms with van der Waals surface area (Å²) in [7, 11) is 0. The molecule has 0 aromatic carbocycles. The molecule has 0 radical (unpaired) electrons. The average molecular weight is 284 g/mol. The number of alkyl halides is 1. The van der Waals surface area contributed by atoms with Crippen LogP contribution in [0.25, 0.3) is 5.65 Å². The van der Waals surface area contributed by atoms with Gasteiger partial charge in [-0.25, -0.2) is 9.89 Å². The van der Waals surface area contributed by atoms with Crippen molar-refractivity contribution in [3.63, 3.8) is 0 Å². The number of ether oxygens (including phenoxy) is 1. The summed E-state index contributed by atoms with van der Waals surface area (Å²) in [6.45, 7) is 3.31. The summed E-state index contributed by atoms with van der Waals surface area (Å²) in [5.74, 6) is 1.17. The molecule has 2 unspecified atom stereocenters. The SMILES string of the molecule is CC1COC(CCl)CN1c1ccc2n[nH]c(=O)n2n1. The maximum absolute atomic E-state index is 11.5. The zero-order valence-electron chi connectivity index (χ0n) is 10.4. The molecule has 7 nitrogen and oxygen atoms in total. The maximum Gasteiger partial charge on any atom is 0.364 e. The first-order valence-electron chi connectivity index (χ1n) is 6.07. The largest absolute Gasteiger partial charge is 0.373 e. The molecule has 2 aromatic rings. The molecule has 1 fully saturated rings. The second-order valence-corrected chi connectivity index (χ2v) is 4.91. The minimum absolute atomic E-state index is 0.0172. The smallest absolute Gasteiger partial charge is 0.364 e. The van der Waals surface area contributed by atoms with Crippen molar-refractivity contribution in [2.24, 2.45) is 0 Å². The van der Waals surface area contributed by atoms with Gasteiger partial charge in [-0.15, -0.1) is 16.7 Å². The number of fused-ring (bicyclic) bond motifs is 1. The second kappa shape index (κ2) is 4.82. The van der Waals surface area contributed by atoms with Gasteiger partial charge >= 0.3 is 5.69 Å². The van der Waals surface area contributed by atoms with E-state index in [4.69, 9.17) is 16.3 Å². The number of aromatic amines is 1. The number of aromatic nitrogens is 4. The molecule has 3 rings (SSSR count). The zero-order chi connectivity index (χ0) is 13.4. The number of hydrogen-bond donors (Lipinski definition) is 1. The van der Waals surface area contributed by atoms with E-state index in [9.17, 15) is 4.79 Å². The summed E-state index contributed by atoms with van der Waals surface area (Å²) in [6, 6.07) is 3.80. The number of halogens is 1. The summed E-state index contributed by atoms with van der Waals surface area (Å²) < 4.78 is 6.86. The van der Waals surface area contributed by atoms with Crippen LogP contribution >= 0.6 is 11.6 Å². The molecule has 0 bridgehead atoms. The van der Waals surface area contributed by atoms with Gasteiger partial charge in [0.15, 0.2) is 5.65 Å². The fourth-order valence-electron chi connectivity index (χ4n) is 2.18. The molecule has 0 amide bonds. The third-order valence-corrected chi connectivity index (χ3v) is 3.58. The van der Waals surface area contributed by atoms with E-state index in [2.05, 4.69) is 27.1 Å². The standard InChI is InChI=1S/C11H14ClN5O2/c1-7-6-19-8(4-12)5-16(7)10-3-2-9-13-14-11(18)17(9)15-10/h2-3,7-8H,4-6H2,1H3,(H,14,18). The van der Waals surface area contributed by atoms with Crippen molar-refractivity contribution in [3.8, 4) is 0 Å². The number of morpholine rings is 1. The van der Waals surface area contributed by atoms with Gasteiger partial charge in [-0.05, 0) is 19.1 Å². The Morgan fingerprint density at radius 2 is 2.42 bits per heavy atom. The molecule has 19 heavy (non-hydrogen) atoms. The summed E-state index contributed by atoms with van der Waals surface area (Å²) >= 11 is 5.84. The van der Waals surface area contributed by atoms with Crippen LogP contribution in [-0.2, 0) is 4.74 Å². The molecule has 8 heteroatoms. The molecule has 1 aliphatic heterocycles. The molecule has 2 atom stereocenters. The van der Waals surface area contributed by atoms with Gasteiger partial charge in [0.05, 0.1) is 24.6 Å². The molecular weight excluding hydrogens is 270 g/mol. The normalized spacial score (nSPS) is 24.0. The molecule has 1 aliphatic rings. The Balaban J connectivity index is 1.97.